The van der Waals surface area contributed by atoms with Gasteiger partial charge < -0.3 is 4.90 Å². The van der Waals surface area contributed by atoms with Gasteiger partial charge in [0.25, 0.3) is 0 Å². The summed E-state index contributed by atoms with van der Waals surface area (Å²) in [5, 5.41) is 0. The van der Waals surface area contributed by atoms with E-state index in [1.54, 1.807) is 6.08 Å². The van der Waals surface area contributed by atoms with E-state index in [1.165, 1.54) is 0 Å². The molecule has 0 unspecified atom stereocenters. The SMILES string of the molecule is CCN(CC)C(=O)/C=C/CCCI. The number of likely N-dealkylation sites (N-methyl/N-ethyl adjacent to an activating group) is 1. The Morgan fingerprint density at radius 2 is 2.00 bits per heavy atom. The molecule has 13 heavy (non-hydrogen) atoms. The Hall–Kier alpha value is -0.0600. The lowest BCUT2D eigenvalue weighted by Gasteiger charge is -2.15. The highest BCUT2D eigenvalue weighted by Crippen LogP contribution is 1.97. The highest BCUT2D eigenvalue weighted by Gasteiger charge is 2.03. The molecule has 0 heterocycles. The van der Waals surface area contributed by atoms with Crippen LogP contribution in [0.2, 0.25) is 0 Å². The molecule has 0 aliphatic heterocycles. The number of alkyl halides is 1. The van der Waals surface area contributed by atoms with Gasteiger partial charge in [-0.15, -0.1) is 0 Å². The van der Waals surface area contributed by atoms with E-state index < -0.39 is 0 Å². The summed E-state index contributed by atoms with van der Waals surface area (Å²) in [6.07, 6.45) is 5.83. The van der Waals surface area contributed by atoms with E-state index >= 15 is 0 Å². The number of carbonyl (C=O) groups is 1. The molecule has 0 saturated carbocycles. The van der Waals surface area contributed by atoms with Crippen molar-refractivity contribution in [2.24, 2.45) is 0 Å². The normalized spacial score (nSPS) is 10.7. The standard InChI is InChI=1S/C10H18INO/c1-3-12(4-2)10(13)8-6-5-7-9-11/h6,8H,3-5,7,9H2,1-2H3/b8-6+. The van der Waals surface area contributed by atoms with Gasteiger partial charge in [-0.25, -0.2) is 0 Å². The van der Waals surface area contributed by atoms with Crippen LogP contribution in [0.25, 0.3) is 0 Å². The summed E-state index contributed by atoms with van der Waals surface area (Å²) >= 11 is 2.34. The number of rotatable bonds is 6. The zero-order valence-electron chi connectivity index (χ0n) is 8.42. The van der Waals surface area contributed by atoms with Gasteiger partial charge in [0.05, 0.1) is 0 Å². The average molecular weight is 295 g/mol. The monoisotopic (exact) mass is 295 g/mol. The lowest BCUT2D eigenvalue weighted by molar-refractivity contribution is -0.125. The molecule has 0 N–H and O–H groups in total. The molecular weight excluding hydrogens is 277 g/mol. The maximum atomic E-state index is 11.4. The number of nitrogens with zero attached hydrogens (tertiary/aromatic N) is 1. The number of hydrogen-bond acceptors (Lipinski definition) is 1. The minimum absolute atomic E-state index is 0.137. The number of amides is 1. The van der Waals surface area contributed by atoms with Crippen LogP contribution in [0.1, 0.15) is 26.7 Å². The summed E-state index contributed by atoms with van der Waals surface area (Å²) in [4.78, 5) is 13.2. The van der Waals surface area contributed by atoms with Gasteiger partial charge in [-0.2, -0.15) is 0 Å². The van der Waals surface area contributed by atoms with Crippen molar-refractivity contribution in [1.29, 1.82) is 0 Å². The Labute approximate surface area is 94.5 Å². The second-order valence-corrected chi connectivity index (χ2v) is 3.82. The van der Waals surface area contributed by atoms with Crippen LogP contribution in [0.4, 0.5) is 0 Å². The first-order valence-electron chi connectivity index (χ1n) is 4.77. The topological polar surface area (TPSA) is 20.3 Å². The maximum Gasteiger partial charge on any atom is 0.246 e. The van der Waals surface area contributed by atoms with Crippen molar-refractivity contribution in [3.05, 3.63) is 12.2 Å². The molecule has 0 aromatic heterocycles. The molecule has 0 aliphatic rings. The van der Waals surface area contributed by atoms with Gasteiger partial charge in [-0.05, 0) is 37.2 Å². The molecule has 0 bridgehead atoms. The second-order valence-electron chi connectivity index (χ2n) is 2.74. The smallest absolute Gasteiger partial charge is 0.246 e. The van der Waals surface area contributed by atoms with Crippen molar-refractivity contribution in [2.75, 3.05) is 17.5 Å². The van der Waals surface area contributed by atoms with Gasteiger partial charge >= 0.3 is 0 Å². The molecular formula is C10H18INO. The summed E-state index contributed by atoms with van der Waals surface area (Å²) in [7, 11) is 0. The number of halogens is 1. The van der Waals surface area contributed by atoms with Crippen molar-refractivity contribution in [2.45, 2.75) is 26.7 Å². The van der Waals surface area contributed by atoms with Crippen molar-refractivity contribution < 1.29 is 4.79 Å². The van der Waals surface area contributed by atoms with Crippen molar-refractivity contribution in [3.8, 4) is 0 Å². The lowest BCUT2D eigenvalue weighted by Crippen LogP contribution is -2.28. The van der Waals surface area contributed by atoms with E-state index in [-0.39, 0.29) is 5.91 Å². The molecule has 0 atom stereocenters. The first-order valence-corrected chi connectivity index (χ1v) is 6.30. The molecule has 0 radical (unpaired) electrons. The van der Waals surface area contributed by atoms with Crippen LogP contribution in [0, 0.1) is 0 Å². The summed E-state index contributed by atoms with van der Waals surface area (Å²) < 4.78 is 1.15. The highest BCUT2D eigenvalue weighted by atomic mass is 127. The zero-order chi connectivity index (χ0) is 10.1. The molecule has 0 aromatic rings. The number of allylic oxidation sites excluding steroid dienone is 1. The van der Waals surface area contributed by atoms with Crippen molar-refractivity contribution >= 4 is 28.5 Å². The molecule has 0 saturated heterocycles. The lowest BCUT2D eigenvalue weighted by atomic mass is 10.3. The minimum atomic E-state index is 0.137. The van der Waals surface area contributed by atoms with Gasteiger partial charge in [0.1, 0.15) is 0 Å². The third kappa shape index (κ3) is 6.07. The molecule has 0 rings (SSSR count). The number of carbonyl (C=O) groups excluding carboxylic acids is 1. The Morgan fingerprint density at radius 1 is 1.38 bits per heavy atom. The molecule has 1 amide bonds. The number of unbranched alkanes of at least 4 members (excludes halogenated alkanes) is 1. The molecule has 0 spiro atoms. The van der Waals surface area contributed by atoms with Gasteiger partial charge in [0.2, 0.25) is 5.91 Å². The summed E-state index contributed by atoms with van der Waals surface area (Å²) in [6, 6.07) is 0. The predicted octanol–water partition coefficient (Wildman–Crippen LogP) is 2.63. The zero-order valence-corrected chi connectivity index (χ0v) is 10.6. The summed E-state index contributed by atoms with van der Waals surface area (Å²) in [5.41, 5.74) is 0. The van der Waals surface area contributed by atoms with E-state index in [9.17, 15) is 4.79 Å². The van der Waals surface area contributed by atoms with Crippen LogP contribution in [-0.2, 0) is 4.79 Å². The second kappa shape index (κ2) is 8.53. The molecule has 3 heteroatoms. The minimum Gasteiger partial charge on any atom is -0.340 e. The quantitative estimate of drug-likeness (QED) is 0.319. The molecule has 76 valence electrons. The van der Waals surface area contributed by atoms with E-state index in [0.29, 0.717) is 0 Å². The largest absolute Gasteiger partial charge is 0.340 e. The fraction of sp³-hybridized carbons (Fsp3) is 0.700. The molecule has 0 aromatic carbocycles. The third-order valence-electron chi connectivity index (χ3n) is 1.84. The average Bonchev–Trinajstić information content (AvgIpc) is 2.14. The van der Waals surface area contributed by atoms with Gasteiger partial charge in [0, 0.05) is 13.1 Å². The van der Waals surface area contributed by atoms with Crippen LogP contribution in [0.15, 0.2) is 12.2 Å². The first-order chi connectivity index (χ1) is 6.26. The van der Waals surface area contributed by atoms with Gasteiger partial charge in [-0.3, -0.25) is 4.79 Å². The molecule has 0 aliphatic carbocycles. The van der Waals surface area contributed by atoms with Gasteiger partial charge in [0.15, 0.2) is 0 Å². The Bertz CT molecular complexity index is 164. The van der Waals surface area contributed by atoms with Gasteiger partial charge in [-0.1, -0.05) is 28.7 Å². The van der Waals surface area contributed by atoms with E-state index in [2.05, 4.69) is 22.6 Å². The van der Waals surface area contributed by atoms with E-state index in [4.69, 9.17) is 0 Å². The van der Waals surface area contributed by atoms with Crippen LogP contribution in [0.3, 0.4) is 0 Å². The van der Waals surface area contributed by atoms with Crippen LogP contribution >= 0.6 is 22.6 Å². The van der Waals surface area contributed by atoms with Crippen molar-refractivity contribution in [3.63, 3.8) is 0 Å². The summed E-state index contributed by atoms with van der Waals surface area (Å²) in [5.74, 6) is 0.137. The third-order valence-corrected chi connectivity index (χ3v) is 2.60. The predicted molar refractivity (Wildman–Crippen MR) is 65.2 cm³/mol. The fourth-order valence-corrected chi connectivity index (χ4v) is 1.46. The van der Waals surface area contributed by atoms with E-state index in [1.807, 2.05) is 24.8 Å². The van der Waals surface area contributed by atoms with Crippen LogP contribution in [-0.4, -0.2) is 28.3 Å². The van der Waals surface area contributed by atoms with Crippen molar-refractivity contribution in [1.82, 2.24) is 4.90 Å². The Morgan fingerprint density at radius 3 is 2.46 bits per heavy atom. The van der Waals surface area contributed by atoms with Crippen LogP contribution < -0.4 is 0 Å². The summed E-state index contributed by atoms with van der Waals surface area (Å²) in [6.45, 7) is 5.60. The maximum absolute atomic E-state index is 11.4. The first kappa shape index (κ1) is 12.9. The Balaban J connectivity index is 3.76. The highest BCUT2D eigenvalue weighted by molar-refractivity contribution is 14.1. The fourth-order valence-electron chi connectivity index (χ4n) is 1.02. The van der Waals surface area contributed by atoms with E-state index in [0.717, 1.165) is 30.4 Å². The molecule has 2 nitrogen and oxygen atoms in total. The van der Waals surface area contributed by atoms with Crippen LogP contribution in [0.5, 0.6) is 0 Å². The Kier molecular flexibility index (Phi) is 8.49. The number of hydrogen-bond donors (Lipinski definition) is 0. The molecule has 0 fully saturated rings.